The Morgan fingerprint density at radius 1 is 1.30 bits per heavy atom. The van der Waals surface area contributed by atoms with Crippen molar-refractivity contribution >= 4 is 28.4 Å². The Labute approximate surface area is 125 Å². The lowest BCUT2D eigenvalue weighted by Gasteiger charge is -2.34. The number of carboxylic acids is 1. The maximum Gasteiger partial charge on any atom is 0.306 e. The average molecular weight is 317 g/mol. The lowest BCUT2D eigenvalue weighted by Crippen LogP contribution is -2.40. The van der Waals surface area contributed by atoms with Gasteiger partial charge in [-0.15, -0.1) is 0 Å². The van der Waals surface area contributed by atoms with Crippen molar-refractivity contribution < 1.29 is 19.2 Å². The summed E-state index contributed by atoms with van der Waals surface area (Å²) in [5, 5.41) is 20.0. The zero-order valence-electron chi connectivity index (χ0n) is 10.9. The van der Waals surface area contributed by atoms with Crippen molar-refractivity contribution in [2.45, 2.75) is 36.2 Å². The van der Waals surface area contributed by atoms with Crippen LogP contribution < -0.4 is 0 Å². The van der Waals surface area contributed by atoms with Crippen molar-refractivity contribution in [2.24, 2.45) is 5.92 Å². The van der Waals surface area contributed by atoms with E-state index in [0.29, 0.717) is 35.6 Å². The molecule has 0 aliphatic heterocycles. The van der Waals surface area contributed by atoms with Crippen molar-refractivity contribution in [3.05, 3.63) is 29.3 Å². The smallest absolute Gasteiger partial charge is 0.306 e. The maximum absolute atomic E-state index is 12.2. The lowest BCUT2D eigenvalue weighted by molar-refractivity contribution is -0.144. The van der Waals surface area contributed by atoms with Crippen LogP contribution >= 0.6 is 11.6 Å². The second kappa shape index (κ2) is 6.24. The van der Waals surface area contributed by atoms with Crippen molar-refractivity contribution in [2.75, 3.05) is 5.75 Å². The minimum atomic E-state index is -1.31. The van der Waals surface area contributed by atoms with Crippen molar-refractivity contribution in [1.82, 2.24) is 0 Å². The topological polar surface area (TPSA) is 74.6 Å². The van der Waals surface area contributed by atoms with Gasteiger partial charge in [-0.3, -0.25) is 9.00 Å². The van der Waals surface area contributed by atoms with Gasteiger partial charge in [-0.2, -0.15) is 0 Å². The minimum Gasteiger partial charge on any atom is -0.481 e. The Kier molecular flexibility index (Phi) is 4.83. The third-order valence-corrected chi connectivity index (χ3v) is 5.59. The number of carboxylic acid groups (broad SMARTS) is 1. The van der Waals surface area contributed by atoms with Gasteiger partial charge in [-0.25, -0.2) is 0 Å². The van der Waals surface area contributed by atoms with E-state index in [9.17, 15) is 14.1 Å². The zero-order chi connectivity index (χ0) is 14.8. The fourth-order valence-electron chi connectivity index (χ4n) is 2.46. The van der Waals surface area contributed by atoms with Crippen LogP contribution in [0.2, 0.25) is 5.02 Å². The highest BCUT2D eigenvalue weighted by Gasteiger charge is 2.37. The van der Waals surface area contributed by atoms with Crippen LogP contribution in [-0.2, 0) is 15.6 Å². The molecule has 0 radical (unpaired) electrons. The molecule has 6 heteroatoms. The van der Waals surface area contributed by atoms with Crippen LogP contribution in [0.1, 0.15) is 25.7 Å². The van der Waals surface area contributed by atoms with E-state index in [4.69, 9.17) is 16.7 Å². The average Bonchev–Trinajstić information content (AvgIpc) is 2.39. The van der Waals surface area contributed by atoms with E-state index in [1.165, 1.54) is 0 Å². The molecule has 1 aromatic carbocycles. The lowest BCUT2D eigenvalue weighted by atomic mass is 9.80. The van der Waals surface area contributed by atoms with E-state index >= 15 is 0 Å². The van der Waals surface area contributed by atoms with E-state index in [1.54, 1.807) is 24.3 Å². The standard InChI is InChI=1S/C14H17ClO4S/c15-11-1-3-12(4-2-11)20(19)9-14(18)7-5-10(6-8-14)13(16)17/h1-4,10,18H,5-9H2,(H,16,17). The summed E-state index contributed by atoms with van der Waals surface area (Å²) in [4.78, 5) is 11.5. The summed E-state index contributed by atoms with van der Waals surface area (Å²) in [6, 6.07) is 6.70. The summed E-state index contributed by atoms with van der Waals surface area (Å²) in [7, 11) is -1.31. The summed E-state index contributed by atoms with van der Waals surface area (Å²) >= 11 is 5.78. The highest BCUT2D eigenvalue weighted by atomic mass is 35.5. The Balaban J connectivity index is 1.97. The van der Waals surface area contributed by atoms with Gasteiger partial charge in [-0.05, 0) is 49.9 Å². The van der Waals surface area contributed by atoms with Crippen LogP contribution in [0, 0.1) is 5.92 Å². The monoisotopic (exact) mass is 316 g/mol. The summed E-state index contributed by atoms with van der Waals surface area (Å²) in [5.41, 5.74) is -1.03. The molecule has 1 aliphatic rings. The van der Waals surface area contributed by atoms with E-state index in [0.717, 1.165) is 0 Å². The molecular weight excluding hydrogens is 300 g/mol. The maximum atomic E-state index is 12.2. The Morgan fingerprint density at radius 2 is 1.85 bits per heavy atom. The van der Waals surface area contributed by atoms with E-state index in [-0.39, 0.29) is 11.7 Å². The number of hydrogen-bond donors (Lipinski definition) is 2. The second-order valence-corrected chi connectivity index (χ2v) is 7.17. The molecule has 110 valence electrons. The fourth-order valence-corrected chi connectivity index (χ4v) is 3.97. The van der Waals surface area contributed by atoms with Crippen molar-refractivity contribution in [3.63, 3.8) is 0 Å². The number of rotatable bonds is 4. The van der Waals surface area contributed by atoms with Crippen LogP contribution in [0.25, 0.3) is 0 Å². The van der Waals surface area contributed by atoms with Gasteiger partial charge in [0.25, 0.3) is 0 Å². The third kappa shape index (κ3) is 3.81. The predicted octanol–water partition coefficient (Wildman–Crippen LogP) is 2.45. The first-order chi connectivity index (χ1) is 9.39. The van der Waals surface area contributed by atoms with Gasteiger partial charge in [0.2, 0.25) is 0 Å². The van der Waals surface area contributed by atoms with Crippen LogP contribution in [0.3, 0.4) is 0 Å². The number of halogens is 1. The Morgan fingerprint density at radius 3 is 2.35 bits per heavy atom. The van der Waals surface area contributed by atoms with E-state index in [2.05, 4.69) is 0 Å². The van der Waals surface area contributed by atoms with Gasteiger partial charge < -0.3 is 10.2 Å². The molecule has 1 aromatic rings. The molecule has 0 saturated heterocycles. The predicted molar refractivity (Wildman–Crippen MR) is 77.3 cm³/mol. The number of carbonyl (C=O) groups is 1. The summed E-state index contributed by atoms with van der Waals surface area (Å²) < 4.78 is 12.2. The first-order valence-electron chi connectivity index (χ1n) is 6.49. The molecule has 0 aromatic heterocycles. The fraction of sp³-hybridized carbons (Fsp3) is 0.500. The van der Waals surface area contributed by atoms with Gasteiger partial charge in [0.15, 0.2) is 0 Å². The molecule has 1 saturated carbocycles. The highest BCUT2D eigenvalue weighted by molar-refractivity contribution is 7.85. The van der Waals surface area contributed by atoms with Gasteiger partial charge in [0.1, 0.15) is 0 Å². The minimum absolute atomic E-state index is 0.140. The molecule has 2 N–H and O–H groups in total. The van der Waals surface area contributed by atoms with Gasteiger partial charge in [0, 0.05) is 9.92 Å². The normalized spacial score (nSPS) is 28.0. The molecule has 0 spiro atoms. The Hall–Kier alpha value is -0.910. The first kappa shape index (κ1) is 15.5. The zero-order valence-corrected chi connectivity index (χ0v) is 12.5. The molecule has 1 fully saturated rings. The number of aliphatic hydroxyl groups is 1. The van der Waals surface area contributed by atoms with Crippen LogP contribution in [0.5, 0.6) is 0 Å². The van der Waals surface area contributed by atoms with Gasteiger partial charge in [-0.1, -0.05) is 11.6 Å². The summed E-state index contributed by atoms with van der Waals surface area (Å²) in [6.07, 6.45) is 1.62. The Bertz CT molecular complexity index is 506. The second-order valence-electron chi connectivity index (χ2n) is 5.28. The largest absolute Gasteiger partial charge is 0.481 e. The molecule has 4 nitrogen and oxygen atoms in total. The molecule has 1 aliphatic carbocycles. The van der Waals surface area contributed by atoms with Crippen LogP contribution in [0.15, 0.2) is 29.2 Å². The third-order valence-electron chi connectivity index (χ3n) is 3.74. The van der Waals surface area contributed by atoms with E-state index in [1.807, 2.05) is 0 Å². The SMILES string of the molecule is O=C(O)C1CCC(O)(CS(=O)c2ccc(Cl)cc2)CC1. The van der Waals surface area contributed by atoms with Crippen LogP contribution in [-0.4, -0.2) is 31.7 Å². The number of aliphatic carboxylic acids is 1. The quantitative estimate of drug-likeness (QED) is 0.894. The van der Waals surface area contributed by atoms with Crippen molar-refractivity contribution in [3.8, 4) is 0 Å². The summed E-state index contributed by atoms with van der Waals surface area (Å²) in [6.45, 7) is 0. The molecule has 1 unspecified atom stereocenters. The molecule has 0 amide bonds. The number of benzene rings is 1. The van der Waals surface area contributed by atoms with Gasteiger partial charge >= 0.3 is 5.97 Å². The molecule has 0 heterocycles. The van der Waals surface area contributed by atoms with E-state index < -0.39 is 22.4 Å². The van der Waals surface area contributed by atoms with Crippen LogP contribution in [0.4, 0.5) is 0 Å². The number of hydrogen-bond acceptors (Lipinski definition) is 3. The molecule has 0 bridgehead atoms. The van der Waals surface area contributed by atoms with Gasteiger partial charge in [0.05, 0.1) is 28.1 Å². The molecule has 2 rings (SSSR count). The molecule has 20 heavy (non-hydrogen) atoms. The van der Waals surface area contributed by atoms with Crippen molar-refractivity contribution in [1.29, 1.82) is 0 Å². The summed E-state index contributed by atoms with van der Waals surface area (Å²) in [5.74, 6) is -1.06. The first-order valence-corrected chi connectivity index (χ1v) is 8.18. The highest BCUT2D eigenvalue weighted by Crippen LogP contribution is 2.33. The molecular formula is C14H17ClO4S. The molecule has 1 atom stereocenters.